The average Bonchev–Trinajstić information content (AvgIpc) is 3.22. The third-order valence-corrected chi connectivity index (χ3v) is 10.2. The van der Waals surface area contributed by atoms with Gasteiger partial charge in [-0.05, 0) is 94.2 Å². The van der Waals surface area contributed by atoms with E-state index in [1.165, 1.54) is 22.0 Å². The molecule has 0 atom stereocenters. The van der Waals surface area contributed by atoms with Crippen LogP contribution in [0, 0.1) is 0 Å². The Morgan fingerprint density at radius 2 is 1.04 bits per heavy atom. The van der Waals surface area contributed by atoms with Crippen molar-refractivity contribution in [2.75, 3.05) is 14.7 Å². The summed E-state index contributed by atoms with van der Waals surface area (Å²) >= 11 is 0. The molecule has 0 amide bonds. The van der Waals surface area contributed by atoms with E-state index in [0.717, 1.165) is 56.9 Å². The van der Waals surface area contributed by atoms with Gasteiger partial charge in [0.15, 0.2) is 5.82 Å². The van der Waals surface area contributed by atoms with E-state index in [2.05, 4.69) is 196 Å². The Morgan fingerprint density at radius 1 is 0.442 bits per heavy atom. The van der Waals surface area contributed by atoms with Crippen molar-refractivity contribution in [2.45, 2.75) is 0 Å². The summed E-state index contributed by atoms with van der Waals surface area (Å²) in [5.74, 6) is 0.787. The fourth-order valence-electron chi connectivity index (χ4n) is 7.98. The van der Waals surface area contributed by atoms with Crippen molar-refractivity contribution in [3.8, 4) is 11.1 Å². The summed E-state index contributed by atoms with van der Waals surface area (Å²) in [5.41, 5.74) is 15.0. The van der Waals surface area contributed by atoms with E-state index in [0.29, 0.717) is 0 Å². The van der Waals surface area contributed by atoms with Crippen molar-refractivity contribution >= 4 is 74.4 Å². The normalized spacial score (nSPS) is 12.5. The van der Waals surface area contributed by atoms with Gasteiger partial charge in [0.2, 0.25) is 0 Å². The van der Waals surface area contributed by atoms with Gasteiger partial charge in [0.05, 0.1) is 6.20 Å². The maximum Gasteiger partial charge on any atom is 0.252 e. The first-order valence-corrected chi connectivity index (χ1v) is 17.6. The van der Waals surface area contributed by atoms with Crippen LogP contribution in [0.5, 0.6) is 0 Å². The number of rotatable bonds is 6. The summed E-state index contributed by atoms with van der Waals surface area (Å²) in [7, 11) is 0. The Morgan fingerprint density at radius 3 is 1.69 bits per heavy atom. The lowest BCUT2D eigenvalue weighted by Gasteiger charge is -2.44. The zero-order valence-corrected chi connectivity index (χ0v) is 28.3. The summed E-state index contributed by atoms with van der Waals surface area (Å²) in [4.78, 5) is 16.4. The molecule has 0 fully saturated rings. The molecule has 0 radical (unpaired) electrons. The third-order valence-electron chi connectivity index (χ3n) is 10.2. The molecular formula is C46H32BN5. The lowest BCUT2D eigenvalue weighted by atomic mass is 9.33. The van der Waals surface area contributed by atoms with Crippen LogP contribution in [0.1, 0.15) is 0 Å². The SMILES string of the molecule is c1ccc(-c2ccc3c(c2)N(c2cnccn2)c2cccc4c2B3c2ccc(N(c3ccccc3)c3ccccc3)cc2N4c2ccccc2)cc1. The number of hydrogen-bond acceptors (Lipinski definition) is 5. The summed E-state index contributed by atoms with van der Waals surface area (Å²) < 4.78 is 0. The van der Waals surface area contributed by atoms with Crippen LogP contribution in [0.15, 0.2) is 195 Å². The highest BCUT2D eigenvalue weighted by Crippen LogP contribution is 2.45. The highest BCUT2D eigenvalue weighted by molar-refractivity contribution is 7.00. The minimum Gasteiger partial charge on any atom is -0.311 e. The van der Waals surface area contributed by atoms with Crippen LogP contribution in [-0.2, 0) is 0 Å². The van der Waals surface area contributed by atoms with E-state index in [9.17, 15) is 0 Å². The van der Waals surface area contributed by atoms with Crippen molar-refractivity contribution in [3.63, 3.8) is 0 Å². The number of anilines is 9. The predicted molar refractivity (Wildman–Crippen MR) is 216 cm³/mol. The number of benzene rings is 7. The van der Waals surface area contributed by atoms with E-state index in [1.54, 1.807) is 12.4 Å². The van der Waals surface area contributed by atoms with Gasteiger partial charge in [-0.1, -0.05) is 109 Å². The lowest BCUT2D eigenvalue weighted by molar-refractivity contribution is 1.13. The number of para-hydroxylation sites is 3. The Bertz CT molecular complexity index is 2490. The first-order chi connectivity index (χ1) is 25.8. The molecule has 0 unspecified atom stereocenters. The summed E-state index contributed by atoms with van der Waals surface area (Å²) in [6.45, 7) is -0.00939. The van der Waals surface area contributed by atoms with Gasteiger partial charge in [0.25, 0.3) is 6.71 Å². The van der Waals surface area contributed by atoms with Crippen molar-refractivity contribution in [3.05, 3.63) is 195 Å². The van der Waals surface area contributed by atoms with Gasteiger partial charge >= 0.3 is 0 Å². The summed E-state index contributed by atoms with van der Waals surface area (Å²) in [6, 6.07) is 63.1. The predicted octanol–water partition coefficient (Wildman–Crippen LogP) is 9.70. The molecule has 244 valence electrons. The molecule has 0 saturated heterocycles. The Labute approximate surface area is 303 Å². The molecule has 1 aromatic heterocycles. The first-order valence-electron chi connectivity index (χ1n) is 17.6. The average molecular weight is 666 g/mol. The first kappa shape index (κ1) is 30.0. The molecule has 0 aliphatic carbocycles. The van der Waals surface area contributed by atoms with E-state index >= 15 is 0 Å². The van der Waals surface area contributed by atoms with Gasteiger partial charge in [0.1, 0.15) is 0 Å². The summed E-state index contributed by atoms with van der Waals surface area (Å²) in [5, 5.41) is 0. The Hall–Kier alpha value is -6.92. The monoisotopic (exact) mass is 665 g/mol. The van der Waals surface area contributed by atoms with Gasteiger partial charge in [-0.2, -0.15) is 0 Å². The molecule has 3 heterocycles. The number of nitrogens with zero attached hydrogens (tertiary/aromatic N) is 5. The molecule has 6 heteroatoms. The molecule has 5 nitrogen and oxygen atoms in total. The second-order valence-corrected chi connectivity index (χ2v) is 13.1. The number of hydrogen-bond donors (Lipinski definition) is 0. The minimum atomic E-state index is -0.00939. The van der Waals surface area contributed by atoms with Crippen molar-refractivity contribution in [1.82, 2.24) is 9.97 Å². The van der Waals surface area contributed by atoms with Crippen LogP contribution < -0.4 is 31.1 Å². The van der Waals surface area contributed by atoms with Crippen LogP contribution >= 0.6 is 0 Å². The molecule has 0 spiro atoms. The Kier molecular flexibility index (Phi) is 7.17. The molecule has 8 aromatic rings. The maximum atomic E-state index is 4.86. The zero-order chi connectivity index (χ0) is 34.4. The van der Waals surface area contributed by atoms with Gasteiger partial charge in [0, 0.05) is 57.9 Å². The van der Waals surface area contributed by atoms with E-state index < -0.39 is 0 Å². The van der Waals surface area contributed by atoms with Gasteiger partial charge in [-0.3, -0.25) is 9.88 Å². The van der Waals surface area contributed by atoms with Crippen molar-refractivity contribution < 1.29 is 0 Å². The molecule has 52 heavy (non-hydrogen) atoms. The van der Waals surface area contributed by atoms with Crippen molar-refractivity contribution in [2.24, 2.45) is 0 Å². The van der Waals surface area contributed by atoms with Gasteiger partial charge in [-0.15, -0.1) is 0 Å². The second-order valence-electron chi connectivity index (χ2n) is 13.1. The molecule has 2 aliphatic heterocycles. The maximum absolute atomic E-state index is 4.86. The molecular weight excluding hydrogens is 633 g/mol. The van der Waals surface area contributed by atoms with Crippen LogP contribution in [0.3, 0.4) is 0 Å². The van der Waals surface area contributed by atoms with Crippen LogP contribution in [-0.4, -0.2) is 16.7 Å². The third kappa shape index (κ3) is 4.88. The van der Waals surface area contributed by atoms with Gasteiger partial charge in [-0.25, -0.2) is 4.98 Å². The fourth-order valence-corrected chi connectivity index (χ4v) is 7.98. The van der Waals surface area contributed by atoms with Crippen molar-refractivity contribution in [1.29, 1.82) is 0 Å². The number of aromatic nitrogens is 2. The minimum absolute atomic E-state index is 0.00939. The highest BCUT2D eigenvalue weighted by atomic mass is 15.2. The molecule has 0 N–H and O–H groups in total. The molecule has 0 bridgehead atoms. The quantitative estimate of drug-likeness (QED) is 0.165. The lowest BCUT2D eigenvalue weighted by Crippen LogP contribution is -2.61. The zero-order valence-electron chi connectivity index (χ0n) is 28.3. The largest absolute Gasteiger partial charge is 0.311 e. The molecule has 0 saturated carbocycles. The van der Waals surface area contributed by atoms with Gasteiger partial charge < -0.3 is 9.80 Å². The molecule has 10 rings (SSSR count). The van der Waals surface area contributed by atoms with E-state index in [1.807, 2.05) is 6.20 Å². The van der Waals surface area contributed by atoms with Crippen LogP contribution in [0.25, 0.3) is 11.1 Å². The summed E-state index contributed by atoms with van der Waals surface area (Å²) in [6.07, 6.45) is 5.37. The van der Waals surface area contributed by atoms with E-state index in [4.69, 9.17) is 4.98 Å². The standard InChI is InChI=1S/C46H32BN5/c1-5-14-33(15-6-1)34-24-26-39-43(30-34)52(45-32-48-28-29-49-45)42-23-13-22-41-46(42)47(39)40-27-25-38(31-44(40)51(41)37-20-11-4-12-21-37)50(35-16-7-2-8-17-35)36-18-9-3-10-19-36/h1-32H. The smallest absolute Gasteiger partial charge is 0.252 e. The van der Waals surface area contributed by atoms with Crippen LogP contribution in [0.2, 0.25) is 0 Å². The number of fused-ring (bicyclic) bond motifs is 4. The highest BCUT2D eigenvalue weighted by Gasteiger charge is 2.43. The topological polar surface area (TPSA) is 35.5 Å². The molecule has 2 aliphatic rings. The second kappa shape index (κ2) is 12.4. The molecule has 7 aromatic carbocycles. The fraction of sp³-hybridized carbons (Fsp3) is 0. The van der Waals surface area contributed by atoms with E-state index in [-0.39, 0.29) is 6.71 Å². The Balaban J connectivity index is 1.24. The van der Waals surface area contributed by atoms with Crippen LogP contribution in [0.4, 0.5) is 51.3 Å².